The number of carbonyl (C=O) groups is 2. The van der Waals surface area contributed by atoms with E-state index in [1.54, 1.807) is 18.2 Å². The highest BCUT2D eigenvalue weighted by Gasteiger charge is 2.38. The van der Waals surface area contributed by atoms with Gasteiger partial charge in [0.05, 0.1) is 36.7 Å². The molecule has 0 saturated carbocycles. The van der Waals surface area contributed by atoms with Gasteiger partial charge < -0.3 is 30.7 Å². The molecule has 2 aliphatic rings. The van der Waals surface area contributed by atoms with Crippen LogP contribution in [0.2, 0.25) is 0 Å². The first kappa shape index (κ1) is 23.5. The first-order valence-corrected chi connectivity index (χ1v) is 10.6. The fourth-order valence-corrected chi connectivity index (χ4v) is 3.91. The SMILES string of the molecule is NC=C(C(=O)Nc1cc2c(cc1N1CCOCC1)C(=O)N(CC(F)(F)CO)C2)c1ncccn1. The molecule has 1 saturated heterocycles. The Bertz CT molecular complexity index is 1110. The fraction of sp³-hybridized carbons (Fsp3) is 0.364. The lowest BCUT2D eigenvalue weighted by Gasteiger charge is -2.31. The minimum absolute atomic E-state index is 0.0503. The number of hydrogen-bond acceptors (Lipinski definition) is 8. The van der Waals surface area contributed by atoms with Crippen LogP contribution in [0.25, 0.3) is 5.57 Å². The highest BCUT2D eigenvalue weighted by Crippen LogP contribution is 2.36. The number of aromatic nitrogens is 2. The molecule has 4 N–H and O–H groups in total. The van der Waals surface area contributed by atoms with E-state index >= 15 is 0 Å². The van der Waals surface area contributed by atoms with Gasteiger partial charge in [0, 0.05) is 43.8 Å². The molecule has 10 nitrogen and oxygen atoms in total. The van der Waals surface area contributed by atoms with Gasteiger partial charge in [0.2, 0.25) is 0 Å². The molecule has 1 aromatic heterocycles. The Labute approximate surface area is 194 Å². The highest BCUT2D eigenvalue weighted by atomic mass is 19.3. The van der Waals surface area contributed by atoms with Crippen molar-refractivity contribution in [3.05, 3.63) is 53.7 Å². The van der Waals surface area contributed by atoms with Crippen LogP contribution in [0.5, 0.6) is 0 Å². The number of aliphatic hydroxyl groups excluding tert-OH is 1. The predicted molar refractivity (Wildman–Crippen MR) is 119 cm³/mol. The lowest BCUT2D eigenvalue weighted by Crippen LogP contribution is -2.39. The van der Waals surface area contributed by atoms with Gasteiger partial charge in [0.1, 0.15) is 6.61 Å². The number of amides is 2. The molecule has 2 aromatic rings. The number of nitrogens with zero attached hydrogens (tertiary/aromatic N) is 4. The molecule has 0 spiro atoms. The molecule has 180 valence electrons. The number of morpholine rings is 1. The van der Waals surface area contributed by atoms with Crippen LogP contribution in [0.4, 0.5) is 20.2 Å². The minimum Gasteiger partial charge on any atom is -0.404 e. The second kappa shape index (κ2) is 9.69. The van der Waals surface area contributed by atoms with Crippen molar-refractivity contribution < 1.29 is 28.2 Å². The Morgan fingerprint density at radius 2 is 1.97 bits per heavy atom. The molecule has 3 heterocycles. The molecule has 0 bridgehead atoms. The molecule has 0 atom stereocenters. The summed E-state index contributed by atoms with van der Waals surface area (Å²) < 4.78 is 32.9. The zero-order chi connectivity index (χ0) is 24.3. The van der Waals surface area contributed by atoms with Crippen LogP contribution in [0, 0.1) is 0 Å². The number of alkyl halides is 2. The number of ether oxygens (including phenoxy) is 1. The second-order valence-electron chi connectivity index (χ2n) is 7.91. The summed E-state index contributed by atoms with van der Waals surface area (Å²) in [7, 11) is 0. The van der Waals surface area contributed by atoms with Crippen LogP contribution in [-0.2, 0) is 16.1 Å². The Morgan fingerprint density at radius 1 is 1.26 bits per heavy atom. The number of aliphatic hydroxyl groups is 1. The van der Waals surface area contributed by atoms with Crippen molar-refractivity contribution in [3.63, 3.8) is 0 Å². The van der Waals surface area contributed by atoms with Gasteiger partial charge in [-0.05, 0) is 23.8 Å². The Kier molecular flexibility index (Phi) is 6.70. The van der Waals surface area contributed by atoms with E-state index in [0.717, 1.165) is 11.1 Å². The second-order valence-corrected chi connectivity index (χ2v) is 7.91. The van der Waals surface area contributed by atoms with E-state index in [4.69, 9.17) is 15.6 Å². The molecule has 34 heavy (non-hydrogen) atoms. The molecule has 4 rings (SSSR count). The summed E-state index contributed by atoms with van der Waals surface area (Å²) in [5.41, 5.74) is 7.43. The van der Waals surface area contributed by atoms with E-state index < -0.39 is 30.9 Å². The monoisotopic (exact) mass is 474 g/mol. The molecule has 0 unspecified atom stereocenters. The number of nitrogens with two attached hydrogens (primary N) is 1. The molecule has 0 aliphatic carbocycles. The Hall–Kier alpha value is -3.64. The summed E-state index contributed by atoms with van der Waals surface area (Å²) in [5.74, 6) is -4.39. The summed E-state index contributed by atoms with van der Waals surface area (Å²) in [6.45, 7) is -0.386. The minimum atomic E-state index is -3.42. The third kappa shape index (κ3) is 4.82. The predicted octanol–water partition coefficient (Wildman–Crippen LogP) is 0.835. The normalized spacial score (nSPS) is 16.6. The molecule has 1 fully saturated rings. The van der Waals surface area contributed by atoms with E-state index in [-0.39, 0.29) is 23.5 Å². The van der Waals surface area contributed by atoms with Crippen LogP contribution in [0.1, 0.15) is 21.7 Å². The third-order valence-electron chi connectivity index (χ3n) is 5.57. The fourth-order valence-electron chi connectivity index (χ4n) is 3.91. The van der Waals surface area contributed by atoms with Crippen LogP contribution < -0.4 is 16.0 Å². The van der Waals surface area contributed by atoms with Gasteiger partial charge in [-0.1, -0.05) is 0 Å². The largest absolute Gasteiger partial charge is 0.404 e. The molecular formula is C22H24F2N6O4. The molecule has 1 aromatic carbocycles. The number of nitrogens with one attached hydrogen (secondary N) is 1. The maximum atomic E-state index is 13.8. The molecule has 2 aliphatic heterocycles. The van der Waals surface area contributed by atoms with Crippen molar-refractivity contribution in [3.8, 4) is 0 Å². The number of halogens is 2. The number of anilines is 2. The van der Waals surface area contributed by atoms with Gasteiger partial charge in [-0.15, -0.1) is 0 Å². The lowest BCUT2D eigenvalue weighted by molar-refractivity contribution is -0.111. The molecule has 2 amide bonds. The quantitative estimate of drug-likeness (QED) is 0.503. The zero-order valence-electron chi connectivity index (χ0n) is 18.2. The first-order valence-electron chi connectivity index (χ1n) is 10.6. The third-order valence-corrected chi connectivity index (χ3v) is 5.57. The number of rotatable bonds is 7. The van der Waals surface area contributed by atoms with Gasteiger partial charge in [0.15, 0.2) is 5.82 Å². The van der Waals surface area contributed by atoms with Gasteiger partial charge in [-0.3, -0.25) is 9.59 Å². The van der Waals surface area contributed by atoms with Gasteiger partial charge >= 0.3 is 0 Å². The van der Waals surface area contributed by atoms with Crippen molar-refractivity contribution in [1.82, 2.24) is 14.9 Å². The maximum Gasteiger partial charge on any atom is 0.287 e. The van der Waals surface area contributed by atoms with Crippen LogP contribution in [0.15, 0.2) is 36.8 Å². The van der Waals surface area contributed by atoms with Crippen molar-refractivity contribution in [2.45, 2.75) is 12.5 Å². The van der Waals surface area contributed by atoms with E-state index in [1.165, 1.54) is 12.4 Å². The highest BCUT2D eigenvalue weighted by molar-refractivity contribution is 6.25. The summed E-state index contributed by atoms with van der Waals surface area (Å²) in [6, 6.07) is 4.81. The maximum absolute atomic E-state index is 13.8. The van der Waals surface area contributed by atoms with E-state index in [9.17, 15) is 18.4 Å². The summed E-state index contributed by atoms with van der Waals surface area (Å²) in [4.78, 5) is 36.9. The number of fused-ring (bicyclic) bond motifs is 1. The van der Waals surface area contributed by atoms with E-state index in [2.05, 4.69) is 15.3 Å². The average molecular weight is 474 g/mol. The van der Waals surface area contributed by atoms with Gasteiger partial charge in [0.25, 0.3) is 17.7 Å². The molecule has 0 radical (unpaired) electrons. The van der Waals surface area contributed by atoms with Crippen molar-refractivity contribution in [1.29, 1.82) is 0 Å². The number of benzene rings is 1. The molecular weight excluding hydrogens is 450 g/mol. The standard InChI is InChI=1S/C22H24F2N6O4/c23-22(24,13-31)12-30-11-14-8-17(28-20(32)16(10-25)19-26-2-1-3-27-19)18(9-15(14)21(30)33)29-4-6-34-7-5-29/h1-3,8-10,31H,4-7,11-13,25H2,(H,28,32). The van der Waals surface area contributed by atoms with Crippen LogP contribution in [0.3, 0.4) is 0 Å². The van der Waals surface area contributed by atoms with Crippen LogP contribution in [-0.4, -0.2) is 77.2 Å². The van der Waals surface area contributed by atoms with Gasteiger partial charge in [-0.2, -0.15) is 0 Å². The average Bonchev–Trinajstić information content (AvgIpc) is 3.13. The van der Waals surface area contributed by atoms with Crippen molar-refractivity contribution in [2.24, 2.45) is 5.73 Å². The first-order chi connectivity index (χ1) is 16.3. The van der Waals surface area contributed by atoms with Gasteiger partial charge in [-0.25, -0.2) is 18.7 Å². The number of hydrogen-bond donors (Lipinski definition) is 3. The summed E-state index contributed by atoms with van der Waals surface area (Å²) in [6.07, 6.45) is 4.07. The summed E-state index contributed by atoms with van der Waals surface area (Å²) in [5, 5.41) is 11.7. The zero-order valence-corrected chi connectivity index (χ0v) is 18.2. The van der Waals surface area contributed by atoms with Crippen molar-refractivity contribution >= 4 is 28.8 Å². The van der Waals surface area contributed by atoms with Crippen molar-refractivity contribution in [2.75, 3.05) is 49.7 Å². The van der Waals surface area contributed by atoms with Crippen LogP contribution >= 0.6 is 0 Å². The topological polar surface area (TPSA) is 134 Å². The van der Waals surface area contributed by atoms with E-state index in [1.807, 2.05) is 4.90 Å². The smallest absolute Gasteiger partial charge is 0.287 e. The lowest BCUT2D eigenvalue weighted by atomic mass is 10.1. The summed E-state index contributed by atoms with van der Waals surface area (Å²) >= 11 is 0. The Balaban J connectivity index is 1.67. The van der Waals surface area contributed by atoms with E-state index in [0.29, 0.717) is 43.2 Å². The Morgan fingerprint density at radius 3 is 2.62 bits per heavy atom. The number of carbonyl (C=O) groups excluding carboxylic acids is 2. The molecule has 12 heteroatoms.